The van der Waals surface area contributed by atoms with Gasteiger partial charge in [-0.3, -0.25) is 0 Å². The van der Waals surface area contributed by atoms with Gasteiger partial charge in [0, 0.05) is 10.4 Å². The quantitative estimate of drug-likeness (QED) is 0.906. The lowest BCUT2D eigenvalue weighted by Gasteiger charge is -2.20. The summed E-state index contributed by atoms with van der Waals surface area (Å²) in [5, 5.41) is 12.6. The number of nitrogens with two attached hydrogens (primary N) is 1. The third kappa shape index (κ3) is 2.74. The van der Waals surface area contributed by atoms with Crippen LogP contribution < -0.4 is 5.73 Å². The van der Waals surface area contributed by atoms with Crippen LogP contribution in [0.3, 0.4) is 0 Å². The number of halogens is 1. The van der Waals surface area contributed by atoms with Crippen LogP contribution in [0.5, 0.6) is 0 Å². The highest BCUT2D eigenvalue weighted by Crippen LogP contribution is 2.28. The molecular weight excluding hydrogens is 290 g/mol. The topological polar surface area (TPSA) is 46.2 Å². The van der Waals surface area contributed by atoms with E-state index in [1.54, 1.807) is 0 Å². The third-order valence-electron chi connectivity index (χ3n) is 3.44. The third-order valence-corrected chi connectivity index (χ3v) is 3.93. The van der Waals surface area contributed by atoms with E-state index >= 15 is 0 Å². The number of aliphatic hydroxyl groups is 1. The molecule has 96 valence electrons. The molecule has 3 N–H and O–H groups in total. The van der Waals surface area contributed by atoms with E-state index in [1.807, 2.05) is 24.3 Å². The molecule has 0 aromatic heterocycles. The first kappa shape index (κ1) is 13.5. The van der Waals surface area contributed by atoms with E-state index < -0.39 is 6.10 Å². The van der Waals surface area contributed by atoms with Crippen LogP contribution in [-0.2, 0) is 0 Å². The molecule has 2 atom stereocenters. The zero-order valence-corrected chi connectivity index (χ0v) is 12.0. The van der Waals surface area contributed by atoms with Gasteiger partial charge >= 0.3 is 0 Å². The van der Waals surface area contributed by atoms with E-state index in [-0.39, 0.29) is 5.92 Å². The first-order valence-electron chi connectivity index (χ1n) is 6.23. The smallest absolute Gasteiger partial charge is 0.0830 e. The standard InChI is InChI=1S/C15H18BrNO/c1-2-10(9-17)15(18)13-4-3-12-8-14(16)6-5-11(12)7-13/h3-8,10,15,18H,2,9,17H2,1H3. The zero-order chi connectivity index (χ0) is 13.1. The fourth-order valence-electron chi connectivity index (χ4n) is 2.21. The number of hydrogen-bond donors (Lipinski definition) is 2. The molecule has 0 saturated heterocycles. The van der Waals surface area contributed by atoms with Gasteiger partial charge in [0.1, 0.15) is 0 Å². The first-order chi connectivity index (χ1) is 8.65. The second-order valence-electron chi connectivity index (χ2n) is 4.60. The first-order valence-corrected chi connectivity index (χ1v) is 7.02. The van der Waals surface area contributed by atoms with Crippen LogP contribution in [0.25, 0.3) is 10.8 Å². The maximum absolute atomic E-state index is 10.3. The second kappa shape index (κ2) is 5.83. The summed E-state index contributed by atoms with van der Waals surface area (Å²) < 4.78 is 1.07. The number of rotatable bonds is 4. The van der Waals surface area contributed by atoms with E-state index in [0.29, 0.717) is 6.54 Å². The van der Waals surface area contributed by atoms with Crippen molar-refractivity contribution in [2.24, 2.45) is 11.7 Å². The largest absolute Gasteiger partial charge is 0.388 e. The minimum absolute atomic E-state index is 0.123. The minimum Gasteiger partial charge on any atom is -0.388 e. The molecule has 0 aliphatic carbocycles. The maximum Gasteiger partial charge on any atom is 0.0830 e. The van der Waals surface area contributed by atoms with Gasteiger partial charge in [-0.2, -0.15) is 0 Å². The van der Waals surface area contributed by atoms with Gasteiger partial charge in [-0.05, 0) is 47.5 Å². The van der Waals surface area contributed by atoms with Crippen molar-refractivity contribution < 1.29 is 5.11 Å². The average molecular weight is 308 g/mol. The predicted molar refractivity (Wildman–Crippen MR) is 79.4 cm³/mol. The van der Waals surface area contributed by atoms with Crippen molar-refractivity contribution in [3.63, 3.8) is 0 Å². The average Bonchev–Trinajstić information content (AvgIpc) is 2.39. The van der Waals surface area contributed by atoms with Gasteiger partial charge in [0.05, 0.1) is 6.10 Å². The Morgan fingerprint density at radius 1 is 1.17 bits per heavy atom. The van der Waals surface area contributed by atoms with Crippen LogP contribution in [-0.4, -0.2) is 11.7 Å². The molecule has 3 heteroatoms. The Morgan fingerprint density at radius 3 is 2.50 bits per heavy atom. The zero-order valence-electron chi connectivity index (χ0n) is 10.4. The molecular formula is C15H18BrNO. The molecule has 0 heterocycles. The van der Waals surface area contributed by atoms with Crippen LogP contribution in [0, 0.1) is 5.92 Å². The Balaban J connectivity index is 2.37. The van der Waals surface area contributed by atoms with Crippen LogP contribution in [0.15, 0.2) is 40.9 Å². The molecule has 0 aliphatic rings. The maximum atomic E-state index is 10.3. The van der Waals surface area contributed by atoms with E-state index in [9.17, 15) is 5.11 Å². The Hall–Kier alpha value is -0.900. The van der Waals surface area contributed by atoms with Crippen LogP contribution in [0.1, 0.15) is 25.0 Å². The van der Waals surface area contributed by atoms with E-state index in [0.717, 1.165) is 21.8 Å². The molecule has 2 unspecified atom stereocenters. The van der Waals surface area contributed by atoms with Gasteiger partial charge in [0.15, 0.2) is 0 Å². The summed E-state index contributed by atoms with van der Waals surface area (Å²) >= 11 is 3.46. The van der Waals surface area contributed by atoms with E-state index in [2.05, 4.69) is 35.0 Å². The fourth-order valence-corrected chi connectivity index (χ4v) is 2.59. The fraction of sp³-hybridized carbons (Fsp3) is 0.333. The summed E-state index contributed by atoms with van der Waals surface area (Å²) in [4.78, 5) is 0. The van der Waals surface area contributed by atoms with Crippen molar-refractivity contribution in [2.45, 2.75) is 19.4 Å². The molecule has 2 aromatic rings. The van der Waals surface area contributed by atoms with Gasteiger partial charge in [-0.1, -0.05) is 41.1 Å². The van der Waals surface area contributed by atoms with Gasteiger partial charge < -0.3 is 10.8 Å². The molecule has 0 amide bonds. The van der Waals surface area contributed by atoms with Crippen molar-refractivity contribution in [1.29, 1.82) is 0 Å². The Kier molecular flexibility index (Phi) is 4.38. The number of fused-ring (bicyclic) bond motifs is 1. The lowest BCUT2D eigenvalue weighted by Crippen LogP contribution is -2.21. The summed E-state index contributed by atoms with van der Waals surface area (Å²) in [6.45, 7) is 2.56. The van der Waals surface area contributed by atoms with Gasteiger partial charge in [0.25, 0.3) is 0 Å². The molecule has 0 aliphatic heterocycles. The van der Waals surface area contributed by atoms with Crippen molar-refractivity contribution in [1.82, 2.24) is 0 Å². The molecule has 0 fully saturated rings. The predicted octanol–water partition coefficient (Wildman–Crippen LogP) is 3.62. The normalized spacial score (nSPS) is 14.7. The van der Waals surface area contributed by atoms with Crippen LogP contribution >= 0.6 is 15.9 Å². The number of aliphatic hydroxyl groups excluding tert-OH is 1. The molecule has 18 heavy (non-hydrogen) atoms. The molecule has 2 aromatic carbocycles. The molecule has 2 rings (SSSR count). The second-order valence-corrected chi connectivity index (χ2v) is 5.52. The SMILES string of the molecule is CCC(CN)C(O)c1ccc2cc(Br)ccc2c1. The lowest BCUT2D eigenvalue weighted by molar-refractivity contribution is 0.110. The molecule has 0 spiro atoms. The monoisotopic (exact) mass is 307 g/mol. The van der Waals surface area contributed by atoms with E-state index in [1.165, 1.54) is 5.39 Å². The van der Waals surface area contributed by atoms with Crippen LogP contribution in [0.2, 0.25) is 0 Å². The Bertz CT molecular complexity index is 537. The van der Waals surface area contributed by atoms with E-state index in [4.69, 9.17) is 5.73 Å². The van der Waals surface area contributed by atoms with Crippen molar-refractivity contribution in [2.75, 3.05) is 6.54 Å². The van der Waals surface area contributed by atoms with Crippen LogP contribution in [0.4, 0.5) is 0 Å². The number of benzene rings is 2. The summed E-state index contributed by atoms with van der Waals surface area (Å²) in [5.74, 6) is 0.123. The Labute approximate surface area is 116 Å². The van der Waals surface area contributed by atoms with Crippen molar-refractivity contribution >= 4 is 26.7 Å². The molecule has 0 radical (unpaired) electrons. The molecule has 0 bridgehead atoms. The summed E-state index contributed by atoms with van der Waals surface area (Å²) in [6.07, 6.45) is 0.406. The summed E-state index contributed by atoms with van der Waals surface area (Å²) in [5.41, 5.74) is 6.63. The number of hydrogen-bond acceptors (Lipinski definition) is 2. The molecule has 0 saturated carbocycles. The highest BCUT2D eigenvalue weighted by atomic mass is 79.9. The highest BCUT2D eigenvalue weighted by Gasteiger charge is 2.17. The van der Waals surface area contributed by atoms with Gasteiger partial charge in [-0.15, -0.1) is 0 Å². The van der Waals surface area contributed by atoms with Crippen molar-refractivity contribution in [3.05, 3.63) is 46.4 Å². The van der Waals surface area contributed by atoms with Crippen molar-refractivity contribution in [3.8, 4) is 0 Å². The minimum atomic E-state index is -0.479. The van der Waals surface area contributed by atoms with Gasteiger partial charge in [0.2, 0.25) is 0 Å². The van der Waals surface area contributed by atoms with Gasteiger partial charge in [-0.25, -0.2) is 0 Å². The highest BCUT2D eigenvalue weighted by molar-refractivity contribution is 9.10. The lowest BCUT2D eigenvalue weighted by atomic mass is 9.92. The Morgan fingerprint density at radius 2 is 1.83 bits per heavy atom. The molecule has 2 nitrogen and oxygen atoms in total. The summed E-state index contributed by atoms with van der Waals surface area (Å²) in [6, 6.07) is 12.2. The summed E-state index contributed by atoms with van der Waals surface area (Å²) in [7, 11) is 0.